The van der Waals surface area contributed by atoms with Crippen molar-refractivity contribution in [2.45, 2.75) is 25.4 Å². The zero-order valence-corrected chi connectivity index (χ0v) is 18.8. The van der Waals surface area contributed by atoms with Gasteiger partial charge in [-0.2, -0.15) is 0 Å². The molecule has 2 aliphatic rings. The molecule has 4 rings (SSSR count). The molecule has 2 aliphatic heterocycles. The quantitative estimate of drug-likeness (QED) is 0.561. The fourth-order valence-corrected chi connectivity index (χ4v) is 3.97. The molecule has 5 amide bonds. The molecular weight excluding hydrogens is 440 g/mol. The number of carbonyl (C=O) groups is 4. The Bertz CT molecular complexity index is 1120. The number of hydrogen-bond acceptors (Lipinski definition) is 6. The fraction of sp³-hybridized carbons (Fsp3) is 0.333. The molecule has 1 saturated heterocycles. The van der Waals surface area contributed by atoms with Gasteiger partial charge in [0.1, 0.15) is 25.3 Å². The molecule has 10 nitrogen and oxygen atoms in total. The van der Waals surface area contributed by atoms with E-state index in [4.69, 9.17) is 15.2 Å². The van der Waals surface area contributed by atoms with Gasteiger partial charge in [0, 0.05) is 19.5 Å². The van der Waals surface area contributed by atoms with Gasteiger partial charge >= 0.3 is 6.03 Å². The highest BCUT2D eigenvalue weighted by atomic mass is 16.6. The summed E-state index contributed by atoms with van der Waals surface area (Å²) in [6, 6.07) is 13.6. The van der Waals surface area contributed by atoms with E-state index in [1.165, 1.54) is 4.90 Å². The summed E-state index contributed by atoms with van der Waals surface area (Å²) in [5.74, 6) is -0.528. The largest absolute Gasteiger partial charge is 0.486 e. The molecule has 2 aromatic rings. The van der Waals surface area contributed by atoms with Crippen molar-refractivity contribution in [2.24, 2.45) is 5.73 Å². The number of nitrogens with zero attached hydrogens (tertiary/aromatic N) is 2. The molecule has 0 aromatic heterocycles. The molecule has 3 N–H and O–H groups in total. The molecule has 0 spiro atoms. The van der Waals surface area contributed by atoms with E-state index in [9.17, 15) is 19.2 Å². The number of nitrogens with one attached hydrogen (secondary N) is 1. The molecular formula is C24H26N4O6. The van der Waals surface area contributed by atoms with E-state index in [0.29, 0.717) is 30.3 Å². The molecule has 0 saturated carbocycles. The molecule has 1 fully saturated rings. The normalized spacial score (nSPS) is 19.0. The zero-order chi connectivity index (χ0) is 24.3. The van der Waals surface area contributed by atoms with Crippen LogP contribution in [0.2, 0.25) is 0 Å². The first-order valence-corrected chi connectivity index (χ1v) is 10.9. The molecule has 178 valence electrons. The maximum Gasteiger partial charge on any atom is 0.325 e. The van der Waals surface area contributed by atoms with Crippen molar-refractivity contribution in [3.8, 4) is 11.5 Å². The lowest BCUT2D eigenvalue weighted by atomic mass is 9.91. The number of amides is 5. The summed E-state index contributed by atoms with van der Waals surface area (Å²) in [4.78, 5) is 52.8. The molecule has 0 bridgehead atoms. The maximum absolute atomic E-state index is 13.3. The van der Waals surface area contributed by atoms with Gasteiger partial charge in [0.15, 0.2) is 11.5 Å². The Balaban J connectivity index is 1.51. The van der Waals surface area contributed by atoms with Crippen molar-refractivity contribution in [2.75, 3.05) is 26.3 Å². The lowest BCUT2D eigenvalue weighted by molar-refractivity contribution is -0.139. The number of ether oxygens (including phenoxy) is 2. The Morgan fingerprint density at radius 2 is 1.79 bits per heavy atom. The van der Waals surface area contributed by atoms with Gasteiger partial charge in [-0.05, 0) is 30.2 Å². The summed E-state index contributed by atoms with van der Waals surface area (Å²) in [7, 11) is 0. The van der Waals surface area contributed by atoms with Crippen molar-refractivity contribution in [1.82, 2.24) is 15.1 Å². The molecule has 10 heteroatoms. The van der Waals surface area contributed by atoms with Gasteiger partial charge in [-0.3, -0.25) is 19.3 Å². The van der Waals surface area contributed by atoms with Gasteiger partial charge < -0.3 is 25.4 Å². The van der Waals surface area contributed by atoms with Crippen LogP contribution in [0.25, 0.3) is 0 Å². The van der Waals surface area contributed by atoms with Gasteiger partial charge in [-0.25, -0.2) is 4.79 Å². The smallest absolute Gasteiger partial charge is 0.325 e. The Hall–Kier alpha value is -4.08. The number of benzene rings is 2. The SMILES string of the molecule is CC1(c2ccc3c(c2)OCCO3)NC(=O)N(CC(=O)N(CCC(N)=O)Cc2ccccc2)C1=O. The van der Waals surface area contributed by atoms with E-state index >= 15 is 0 Å². The third-order valence-corrected chi connectivity index (χ3v) is 5.88. The van der Waals surface area contributed by atoms with Crippen LogP contribution in [0, 0.1) is 0 Å². The second-order valence-electron chi connectivity index (χ2n) is 8.32. The summed E-state index contributed by atoms with van der Waals surface area (Å²) >= 11 is 0. The summed E-state index contributed by atoms with van der Waals surface area (Å²) < 4.78 is 11.1. The molecule has 0 aliphatic carbocycles. The summed E-state index contributed by atoms with van der Waals surface area (Å²) in [6.07, 6.45) is -0.0341. The number of urea groups is 1. The maximum atomic E-state index is 13.3. The lowest BCUT2D eigenvalue weighted by Crippen LogP contribution is -2.45. The molecule has 1 unspecified atom stereocenters. The molecule has 0 radical (unpaired) electrons. The lowest BCUT2D eigenvalue weighted by Gasteiger charge is -2.26. The summed E-state index contributed by atoms with van der Waals surface area (Å²) in [5.41, 5.74) is 5.26. The highest BCUT2D eigenvalue weighted by Gasteiger charge is 2.50. The van der Waals surface area contributed by atoms with E-state index in [0.717, 1.165) is 10.5 Å². The van der Waals surface area contributed by atoms with Crippen LogP contribution < -0.4 is 20.5 Å². The van der Waals surface area contributed by atoms with Crippen molar-refractivity contribution in [3.63, 3.8) is 0 Å². The molecule has 1 atom stereocenters. The summed E-state index contributed by atoms with van der Waals surface area (Å²) in [6.45, 7) is 2.23. The second-order valence-corrected chi connectivity index (χ2v) is 8.32. The Labute approximate surface area is 196 Å². The van der Waals surface area contributed by atoms with Gasteiger partial charge in [-0.15, -0.1) is 0 Å². The van der Waals surface area contributed by atoms with E-state index in [2.05, 4.69) is 5.32 Å². The first kappa shape index (κ1) is 23.1. The van der Waals surface area contributed by atoms with Crippen LogP contribution in [0.15, 0.2) is 48.5 Å². The third kappa shape index (κ3) is 4.66. The van der Waals surface area contributed by atoms with Crippen LogP contribution >= 0.6 is 0 Å². The van der Waals surface area contributed by atoms with E-state index in [1.54, 1.807) is 25.1 Å². The number of fused-ring (bicyclic) bond motifs is 1. The van der Waals surface area contributed by atoms with Crippen LogP contribution in [0.5, 0.6) is 11.5 Å². The number of nitrogens with two attached hydrogens (primary N) is 1. The van der Waals surface area contributed by atoms with Crippen LogP contribution in [-0.2, 0) is 26.5 Å². The van der Waals surface area contributed by atoms with E-state index in [1.807, 2.05) is 30.3 Å². The van der Waals surface area contributed by atoms with Crippen molar-refractivity contribution < 1.29 is 28.7 Å². The monoisotopic (exact) mass is 466 g/mol. The fourth-order valence-electron chi connectivity index (χ4n) is 3.97. The number of imide groups is 1. The zero-order valence-electron chi connectivity index (χ0n) is 18.8. The number of rotatable bonds is 8. The van der Waals surface area contributed by atoms with Crippen molar-refractivity contribution >= 4 is 23.8 Å². The van der Waals surface area contributed by atoms with Gasteiger partial charge in [0.05, 0.1) is 0 Å². The predicted octanol–water partition coefficient (Wildman–Crippen LogP) is 1.13. The minimum absolute atomic E-state index is 0.0341. The molecule has 2 heterocycles. The van der Waals surface area contributed by atoms with Crippen LogP contribution in [0.1, 0.15) is 24.5 Å². The third-order valence-electron chi connectivity index (χ3n) is 5.88. The topological polar surface area (TPSA) is 131 Å². The van der Waals surface area contributed by atoms with Crippen LogP contribution in [-0.4, -0.2) is 59.9 Å². The van der Waals surface area contributed by atoms with Crippen molar-refractivity contribution in [3.05, 3.63) is 59.7 Å². The number of primary amides is 1. The van der Waals surface area contributed by atoms with Crippen LogP contribution in [0.4, 0.5) is 4.79 Å². The molecule has 2 aromatic carbocycles. The van der Waals surface area contributed by atoms with E-state index in [-0.39, 0.29) is 19.5 Å². The minimum atomic E-state index is -1.37. The van der Waals surface area contributed by atoms with Gasteiger partial charge in [0.2, 0.25) is 11.8 Å². The average Bonchev–Trinajstić information content (AvgIpc) is 3.05. The van der Waals surface area contributed by atoms with Gasteiger partial charge in [-0.1, -0.05) is 36.4 Å². The Kier molecular flexibility index (Phi) is 6.40. The standard InChI is InChI=1S/C24H26N4O6/c1-24(17-7-8-18-19(13-17)34-12-11-33-18)22(31)28(23(32)26-24)15-21(30)27(10-9-20(25)29)14-16-5-3-2-4-6-16/h2-8,13H,9-12,14-15H2,1H3,(H2,25,29)(H,26,32). The predicted molar refractivity (Wildman–Crippen MR) is 121 cm³/mol. The number of carbonyl (C=O) groups excluding carboxylic acids is 4. The van der Waals surface area contributed by atoms with Crippen molar-refractivity contribution in [1.29, 1.82) is 0 Å². The molecule has 34 heavy (non-hydrogen) atoms. The second kappa shape index (κ2) is 9.42. The van der Waals surface area contributed by atoms with Crippen LogP contribution in [0.3, 0.4) is 0 Å². The van der Waals surface area contributed by atoms with Gasteiger partial charge in [0.25, 0.3) is 5.91 Å². The first-order valence-electron chi connectivity index (χ1n) is 10.9. The Morgan fingerprint density at radius 3 is 2.50 bits per heavy atom. The highest BCUT2D eigenvalue weighted by Crippen LogP contribution is 2.36. The highest BCUT2D eigenvalue weighted by molar-refractivity contribution is 6.09. The number of hydrogen-bond donors (Lipinski definition) is 2. The minimum Gasteiger partial charge on any atom is -0.486 e. The first-order chi connectivity index (χ1) is 16.3. The Morgan fingerprint density at radius 1 is 1.09 bits per heavy atom. The summed E-state index contributed by atoms with van der Waals surface area (Å²) in [5, 5.41) is 2.69. The van der Waals surface area contributed by atoms with E-state index < -0.39 is 35.8 Å². The average molecular weight is 466 g/mol.